The first-order valence-corrected chi connectivity index (χ1v) is 4.51. The SMILES string of the molecule is COc1c(F)cc(C(C)=O)c(OC)c1Cl. The topological polar surface area (TPSA) is 35.5 Å². The Labute approximate surface area is 91.7 Å². The monoisotopic (exact) mass is 232 g/mol. The Morgan fingerprint density at radius 3 is 2.27 bits per heavy atom. The molecule has 0 radical (unpaired) electrons. The van der Waals surface area contributed by atoms with Crippen LogP contribution in [-0.4, -0.2) is 20.0 Å². The predicted octanol–water partition coefficient (Wildman–Crippen LogP) is 2.70. The molecular weight excluding hydrogens is 223 g/mol. The molecule has 0 amide bonds. The third-order valence-corrected chi connectivity index (χ3v) is 2.26. The molecule has 0 aliphatic rings. The Balaban J connectivity index is 3.51. The van der Waals surface area contributed by atoms with E-state index in [-0.39, 0.29) is 27.9 Å². The Kier molecular flexibility index (Phi) is 3.52. The highest BCUT2D eigenvalue weighted by molar-refractivity contribution is 6.34. The molecule has 1 rings (SSSR count). The molecule has 1 aromatic carbocycles. The standard InChI is InChI=1S/C10H10ClFO3/c1-5(13)6-4-7(12)10(15-3)8(11)9(6)14-2/h4H,1-3H3. The minimum atomic E-state index is -0.687. The molecule has 0 unspecified atom stereocenters. The van der Waals surface area contributed by atoms with Crippen LogP contribution in [0.2, 0.25) is 5.02 Å². The van der Waals surface area contributed by atoms with Crippen LogP contribution >= 0.6 is 11.6 Å². The quantitative estimate of drug-likeness (QED) is 0.752. The van der Waals surface area contributed by atoms with E-state index in [1.807, 2.05) is 0 Å². The summed E-state index contributed by atoms with van der Waals surface area (Å²) in [6, 6.07) is 1.05. The highest BCUT2D eigenvalue weighted by Gasteiger charge is 2.20. The number of hydrogen-bond donors (Lipinski definition) is 0. The van der Waals surface area contributed by atoms with E-state index in [1.165, 1.54) is 21.1 Å². The van der Waals surface area contributed by atoms with Gasteiger partial charge >= 0.3 is 0 Å². The van der Waals surface area contributed by atoms with Crippen molar-refractivity contribution >= 4 is 17.4 Å². The van der Waals surface area contributed by atoms with Crippen molar-refractivity contribution in [1.82, 2.24) is 0 Å². The number of ether oxygens (including phenoxy) is 2. The van der Waals surface area contributed by atoms with Gasteiger partial charge in [0.1, 0.15) is 5.02 Å². The molecule has 0 fully saturated rings. The first-order chi connectivity index (χ1) is 7.02. The van der Waals surface area contributed by atoms with Gasteiger partial charge in [-0.25, -0.2) is 4.39 Å². The molecule has 15 heavy (non-hydrogen) atoms. The van der Waals surface area contributed by atoms with Gasteiger partial charge in [0.05, 0.1) is 19.8 Å². The maximum atomic E-state index is 13.4. The van der Waals surface area contributed by atoms with Crippen LogP contribution in [0.4, 0.5) is 4.39 Å². The average molecular weight is 233 g/mol. The zero-order valence-electron chi connectivity index (χ0n) is 8.56. The fourth-order valence-corrected chi connectivity index (χ4v) is 1.58. The van der Waals surface area contributed by atoms with Gasteiger partial charge in [0.15, 0.2) is 23.1 Å². The minimum Gasteiger partial charge on any atom is -0.494 e. The van der Waals surface area contributed by atoms with E-state index in [1.54, 1.807) is 0 Å². The predicted molar refractivity (Wildman–Crippen MR) is 54.5 cm³/mol. The summed E-state index contributed by atoms with van der Waals surface area (Å²) >= 11 is 5.82. The Morgan fingerprint density at radius 2 is 1.87 bits per heavy atom. The molecule has 0 spiro atoms. The van der Waals surface area contributed by atoms with Gasteiger partial charge in [-0.05, 0) is 13.0 Å². The summed E-state index contributed by atoms with van der Waals surface area (Å²) in [6.45, 7) is 1.31. The highest BCUT2D eigenvalue weighted by atomic mass is 35.5. The number of carbonyl (C=O) groups excluding carboxylic acids is 1. The number of rotatable bonds is 3. The van der Waals surface area contributed by atoms with Crippen molar-refractivity contribution in [3.8, 4) is 11.5 Å². The van der Waals surface area contributed by atoms with Crippen molar-refractivity contribution in [1.29, 1.82) is 0 Å². The summed E-state index contributed by atoms with van der Waals surface area (Å²) in [7, 11) is 2.64. The van der Waals surface area contributed by atoms with Crippen molar-refractivity contribution in [3.05, 3.63) is 22.5 Å². The molecular formula is C10H10ClFO3. The van der Waals surface area contributed by atoms with Crippen molar-refractivity contribution in [2.45, 2.75) is 6.92 Å². The molecule has 82 valence electrons. The van der Waals surface area contributed by atoms with Gasteiger partial charge in [-0.15, -0.1) is 0 Å². The van der Waals surface area contributed by atoms with Crippen LogP contribution in [0.3, 0.4) is 0 Å². The number of hydrogen-bond acceptors (Lipinski definition) is 3. The third-order valence-electron chi connectivity index (χ3n) is 1.92. The van der Waals surface area contributed by atoms with Crippen LogP contribution in [0.5, 0.6) is 11.5 Å². The van der Waals surface area contributed by atoms with Crippen molar-refractivity contribution in [3.63, 3.8) is 0 Å². The van der Waals surface area contributed by atoms with Crippen LogP contribution < -0.4 is 9.47 Å². The number of halogens is 2. The molecule has 3 nitrogen and oxygen atoms in total. The van der Waals surface area contributed by atoms with Gasteiger partial charge in [0.25, 0.3) is 0 Å². The summed E-state index contributed by atoms with van der Waals surface area (Å²) in [5.74, 6) is -1.01. The second-order valence-corrected chi connectivity index (χ2v) is 3.22. The van der Waals surface area contributed by atoms with Gasteiger partial charge < -0.3 is 9.47 Å². The molecule has 5 heteroatoms. The molecule has 0 aliphatic carbocycles. The minimum absolute atomic E-state index is 0.0369. The smallest absolute Gasteiger partial charge is 0.176 e. The van der Waals surface area contributed by atoms with E-state index in [2.05, 4.69) is 0 Å². The molecule has 1 aromatic rings. The summed E-state index contributed by atoms with van der Waals surface area (Å²) in [4.78, 5) is 11.2. The normalized spacial score (nSPS) is 9.93. The maximum absolute atomic E-state index is 13.4. The molecule has 0 heterocycles. The zero-order valence-corrected chi connectivity index (χ0v) is 9.31. The molecule has 0 saturated heterocycles. The molecule has 0 N–H and O–H groups in total. The Morgan fingerprint density at radius 1 is 1.33 bits per heavy atom. The second kappa shape index (κ2) is 4.49. The van der Waals surface area contributed by atoms with E-state index >= 15 is 0 Å². The maximum Gasteiger partial charge on any atom is 0.176 e. The zero-order chi connectivity index (χ0) is 11.6. The van der Waals surface area contributed by atoms with E-state index in [4.69, 9.17) is 21.1 Å². The fraction of sp³-hybridized carbons (Fsp3) is 0.300. The van der Waals surface area contributed by atoms with Gasteiger partial charge in [0.2, 0.25) is 0 Å². The van der Waals surface area contributed by atoms with Crippen LogP contribution in [0, 0.1) is 5.82 Å². The lowest BCUT2D eigenvalue weighted by Gasteiger charge is -2.12. The van der Waals surface area contributed by atoms with E-state index in [9.17, 15) is 9.18 Å². The summed E-state index contributed by atoms with van der Waals surface area (Å²) in [6.07, 6.45) is 0. The van der Waals surface area contributed by atoms with Gasteiger partial charge in [-0.3, -0.25) is 4.79 Å². The first kappa shape index (κ1) is 11.8. The summed E-state index contributed by atoms with van der Waals surface area (Å²) in [5, 5.41) is -0.0369. The molecule has 0 aromatic heterocycles. The van der Waals surface area contributed by atoms with Crippen molar-refractivity contribution in [2.75, 3.05) is 14.2 Å². The van der Waals surface area contributed by atoms with Gasteiger partial charge in [-0.2, -0.15) is 0 Å². The lowest BCUT2D eigenvalue weighted by molar-refractivity contribution is 0.101. The summed E-state index contributed by atoms with van der Waals surface area (Å²) < 4.78 is 23.1. The number of benzene rings is 1. The van der Waals surface area contributed by atoms with Crippen LogP contribution in [0.15, 0.2) is 6.07 Å². The number of carbonyl (C=O) groups is 1. The molecule has 0 aliphatic heterocycles. The van der Waals surface area contributed by atoms with Gasteiger partial charge in [-0.1, -0.05) is 11.6 Å². The third kappa shape index (κ3) is 2.04. The van der Waals surface area contributed by atoms with E-state index in [0.29, 0.717) is 0 Å². The summed E-state index contributed by atoms with van der Waals surface area (Å²) in [5.41, 5.74) is 0.0980. The first-order valence-electron chi connectivity index (χ1n) is 4.13. The van der Waals surface area contributed by atoms with Crippen molar-refractivity contribution < 1.29 is 18.7 Å². The number of methoxy groups -OCH3 is 2. The lowest BCUT2D eigenvalue weighted by atomic mass is 10.1. The lowest BCUT2D eigenvalue weighted by Crippen LogP contribution is -2.02. The largest absolute Gasteiger partial charge is 0.494 e. The average Bonchev–Trinajstić information content (AvgIpc) is 2.17. The van der Waals surface area contributed by atoms with Crippen molar-refractivity contribution in [2.24, 2.45) is 0 Å². The fourth-order valence-electron chi connectivity index (χ4n) is 1.23. The Hall–Kier alpha value is -1.29. The molecule has 0 atom stereocenters. The highest BCUT2D eigenvalue weighted by Crippen LogP contribution is 2.39. The molecule has 0 bridgehead atoms. The van der Waals surface area contributed by atoms with Gasteiger partial charge in [0, 0.05) is 0 Å². The number of ketones is 1. The van der Waals surface area contributed by atoms with E-state index < -0.39 is 5.82 Å². The molecule has 0 saturated carbocycles. The Bertz CT molecular complexity index is 404. The number of Topliss-reactive ketones (excluding diaryl/α,β-unsaturated/α-hetero) is 1. The second-order valence-electron chi connectivity index (χ2n) is 2.84. The van der Waals surface area contributed by atoms with Crippen LogP contribution in [0.1, 0.15) is 17.3 Å². The van der Waals surface area contributed by atoms with Crippen LogP contribution in [-0.2, 0) is 0 Å². The van der Waals surface area contributed by atoms with E-state index in [0.717, 1.165) is 6.07 Å². The van der Waals surface area contributed by atoms with Crippen LogP contribution in [0.25, 0.3) is 0 Å².